The molecule has 0 aromatic carbocycles. The summed E-state index contributed by atoms with van der Waals surface area (Å²) in [5, 5.41) is 0. The molecule has 6 nitrogen and oxygen atoms in total. The first-order valence-corrected chi connectivity index (χ1v) is 5.43. The Balaban J connectivity index is 2.93. The maximum absolute atomic E-state index is 11.5. The molecule has 0 spiro atoms. The molecule has 1 aromatic rings. The summed E-state index contributed by atoms with van der Waals surface area (Å²) in [6.07, 6.45) is 1.55. The van der Waals surface area contributed by atoms with Crippen molar-refractivity contribution in [3.63, 3.8) is 0 Å². The Kier molecular flexibility index (Phi) is 4.25. The molecule has 0 saturated heterocycles. The van der Waals surface area contributed by atoms with Gasteiger partial charge in [0.05, 0.1) is 13.0 Å². The number of hydrogen-bond acceptors (Lipinski definition) is 4. The second kappa shape index (κ2) is 5.47. The molecule has 1 rings (SSSR count). The largest absolute Gasteiger partial charge is 0.466 e. The van der Waals surface area contributed by atoms with Crippen molar-refractivity contribution in [1.29, 1.82) is 0 Å². The summed E-state index contributed by atoms with van der Waals surface area (Å²) >= 11 is 0. The van der Waals surface area contributed by atoms with E-state index in [4.69, 9.17) is 4.74 Å². The van der Waals surface area contributed by atoms with E-state index in [-0.39, 0.29) is 18.4 Å². The van der Waals surface area contributed by atoms with Crippen LogP contribution >= 0.6 is 0 Å². The SMILES string of the molecule is CCOC(=O)CC(C)n1cc(C)c(=O)[nH]c1=O. The number of aryl methyl sites for hydroxylation is 1. The van der Waals surface area contributed by atoms with Crippen LogP contribution in [0.1, 0.15) is 31.9 Å². The minimum atomic E-state index is -0.516. The number of carbonyl (C=O) groups excluding carboxylic acids is 1. The summed E-state index contributed by atoms with van der Waals surface area (Å²) in [4.78, 5) is 36.2. The van der Waals surface area contributed by atoms with Crippen molar-refractivity contribution in [3.05, 3.63) is 32.6 Å². The van der Waals surface area contributed by atoms with Gasteiger partial charge in [0, 0.05) is 17.8 Å². The van der Waals surface area contributed by atoms with Gasteiger partial charge in [0.15, 0.2) is 0 Å². The van der Waals surface area contributed by atoms with Crippen LogP contribution in [-0.2, 0) is 9.53 Å². The van der Waals surface area contributed by atoms with Gasteiger partial charge in [-0.05, 0) is 20.8 Å². The third kappa shape index (κ3) is 3.30. The highest BCUT2D eigenvalue weighted by Gasteiger charge is 2.13. The van der Waals surface area contributed by atoms with Crippen molar-refractivity contribution in [3.8, 4) is 0 Å². The predicted molar refractivity (Wildman–Crippen MR) is 62.0 cm³/mol. The summed E-state index contributed by atoms with van der Waals surface area (Å²) in [6, 6.07) is -0.350. The topological polar surface area (TPSA) is 81.2 Å². The zero-order chi connectivity index (χ0) is 13.0. The van der Waals surface area contributed by atoms with Gasteiger partial charge in [0.2, 0.25) is 0 Å². The highest BCUT2D eigenvalue weighted by molar-refractivity contribution is 5.69. The number of hydrogen-bond donors (Lipinski definition) is 1. The third-order valence-corrected chi connectivity index (χ3v) is 2.39. The smallest absolute Gasteiger partial charge is 0.328 e. The van der Waals surface area contributed by atoms with Crippen LogP contribution in [0.25, 0.3) is 0 Å². The normalized spacial score (nSPS) is 12.2. The number of H-pyrrole nitrogens is 1. The Morgan fingerprint density at radius 1 is 1.53 bits per heavy atom. The van der Waals surface area contributed by atoms with Crippen LogP contribution in [-0.4, -0.2) is 22.1 Å². The molecule has 0 radical (unpaired) electrons. The monoisotopic (exact) mass is 240 g/mol. The Labute approximate surface area is 98.2 Å². The van der Waals surface area contributed by atoms with Crippen LogP contribution in [0.4, 0.5) is 0 Å². The van der Waals surface area contributed by atoms with E-state index in [0.29, 0.717) is 12.2 Å². The van der Waals surface area contributed by atoms with E-state index in [9.17, 15) is 14.4 Å². The van der Waals surface area contributed by atoms with Crippen LogP contribution in [0.15, 0.2) is 15.8 Å². The molecule has 1 heterocycles. The molecular formula is C11H16N2O4. The number of carbonyl (C=O) groups is 1. The van der Waals surface area contributed by atoms with E-state index in [1.165, 1.54) is 10.8 Å². The lowest BCUT2D eigenvalue weighted by Crippen LogP contribution is -2.33. The van der Waals surface area contributed by atoms with Crippen molar-refractivity contribution in [2.45, 2.75) is 33.2 Å². The average Bonchev–Trinajstić information content (AvgIpc) is 2.23. The van der Waals surface area contributed by atoms with E-state index < -0.39 is 11.2 Å². The molecule has 1 atom stereocenters. The fourth-order valence-corrected chi connectivity index (χ4v) is 1.47. The number of ether oxygens (including phenoxy) is 1. The van der Waals surface area contributed by atoms with Crippen molar-refractivity contribution >= 4 is 5.97 Å². The average molecular weight is 240 g/mol. The molecule has 0 saturated carbocycles. The number of rotatable bonds is 4. The van der Waals surface area contributed by atoms with E-state index in [0.717, 1.165) is 0 Å². The Hall–Kier alpha value is -1.85. The number of aromatic nitrogens is 2. The molecule has 0 amide bonds. The van der Waals surface area contributed by atoms with Gasteiger partial charge in [0.25, 0.3) is 5.56 Å². The van der Waals surface area contributed by atoms with Crippen molar-refractivity contribution < 1.29 is 9.53 Å². The summed E-state index contributed by atoms with van der Waals surface area (Å²) in [7, 11) is 0. The lowest BCUT2D eigenvalue weighted by molar-refractivity contribution is -0.143. The van der Waals surface area contributed by atoms with E-state index in [2.05, 4.69) is 4.98 Å². The van der Waals surface area contributed by atoms with Gasteiger partial charge in [-0.25, -0.2) is 4.79 Å². The Morgan fingerprint density at radius 3 is 2.76 bits per heavy atom. The summed E-state index contributed by atoms with van der Waals surface area (Å²) in [5.74, 6) is -0.365. The lowest BCUT2D eigenvalue weighted by Gasteiger charge is -2.14. The number of esters is 1. The quantitative estimate of drug-likeness (QED) is 0.770. The minimum Gasteiger partial charge on any atom is -0.466 e. The summed E-state index contributed by atoms with van der Waals surface area (Å²) in [6.45, 7) is 5.35. The molecule has 1 N–H and O–H groups in total. The molecule has 0 fully saturated rings. The fraction of sp³-hybridized carbons (Fsp3) is 0.545. The summed E-state index contributed by atoms with van der Waals surface area (Å²) in [5.41, 5.74) is -0.493. The van der Waals surface area contributed by atoms with Crippen molar-refractivity contribution in [2.75, 3.05) is 6.61 Å². The molecule has 0 aliphatic rings. The molecular weight excluding hydrogens is 224 g/mol. The van der Waals surface area contributed by atoms with E-state index in [1.807, 2.05) is 0 Å². The number of nitrogens with one attached hydrogen (secondary N) is 1. The van der Waals surface area contributed by atoms with Crippen molar-refractivity contribution in [2.24, 2.45) is 0 Å². The molecule has 0 bridgehead atoms. The van der Waals surface area contributed by atoms with E-state index >= 15 is 0 Å². The zero-order valence-electron chi connectivity index (χ0n) is 10.1. The molecule has 6 heteroatoms. The first-order chi connectivity index (χ1) is 7.95. The first kappa shape index (κ1) is 13.2. The second-order valence-electron chi connectivity index (χ2n) is 3.84. The summed E-state index contributed by atoms with van der Waals surface area (Å²) < 4.78 is 6.13. The van der Waals surface area contributed by atoms with Gasteiger partial charge >= 0.3 is 11.7 Å². The highest BCUT2D eigenvalue weighted by Crippen LogP contribution is 2.08. The van der Waals surface area contributed by atoms with Crippen LogP contribution < -0.4 is 11.2 Å². The Morgan fingerprint density at radius 2 is 2.18 bits per heavy atom. The van der Waals surface area contributed by atoms with Crippen LogP contribution in [0.2, 0.25) is 0 Å². The van der Waals surface area contributed by atoms with Crippen LogP contribution in [0.5, 0.6) is 0 Å². The minimum absolute atomic E-state index is 0.0965. The van der Waals surface area contributed by atoms with E-state index in [1.54, 1.807) is 20.8 Å². The van der Waals surface area contributed by atoms with Gasteiger partial charge in [-0.3, -0.25) is 19.1 Å². The van der Waals surface area contributed by atoms with Gasteiger partial charge in [-0.15, -0.1) is 0 Å². The molecule has 1 unspecified atom stereocenters. The lowest BCUT2D eigenvalue weighted by atomic mass is 10.2. The maximum atomic E-state index is 11.5. The molecule has 17 heavy (non-hydrogen) atoms. The second-order valence-corrected chi connectivity index (χ2v) is 3.84. The molecule has 0 aliphatic heterocycles. The Bertz CT molecular complexity index is 515. The third-order valence-electron chi connectivity index (χ3n) is 2.39. The van der Waals surface area contributed by atoms with Gasteiger partial charge in [-0.1, -0.05) is 0 Å². The predicted octanol–water partition coefficient (Wildman–Crippen LogP) is 0.359. The number of aromatic amines is 1. The van der Waals surface area contributed by atoms with Crippen molar-refractivity contribution in [1.82, 2.24) is 9.55 Å². The molecule has 94 valence electrons. The zero-order valence-corrected chi connectivity index (χ0v) is 10.1. The van der Waals surface area contributed by atoms with Crippen LogP contribution in [0.3, 0.4) is 0 Å². The maximum Gasteiger partial charge on any atom is 0.328 e. The molecule has 1 aromatic heterocycles. The highest BCUT2D eigenvalue weighted by atomic mass is 16.5. The fourth-order valence-electron chi connectivity index (χ4n) is 1.47. The van der Waals surface area contributed by atoms with Gasteiger partial charge in [0.1, 0.15) is 0 Å². The molecule has 0 aliphatic carbocycles. The standard InChI is InChI=1S/C11H16N2O4/c1-4-17-9(14)5-8(3)13-6-7(2)10(15)12-11(13)16/h6,8H,4-5H2,1-3H3,(H,12,15,16). The van der Waals surface area contributed by atoms with Gasteiger partial charge in [-0.2, -0.15) is 0 Å². The number of nitrogens with zero attached hydrogens (tertiary/aromatic N) is 1. The van der Waals surface area contributed by atoms with Gasteiger partial charge < -0.3 is 4.74 Å². The first-order valence-electron chi connectivity index (χ1n) is 5.43. The van der Waals surface area contributed by atoms with Crippen LogP contribution in [0, 0.1) is 6.92 Å².